The summed E-state index contributed by atoms with van der Waals surface area (Å²) < 4.78 is 0. The maximum absolute atomic E-state index is 12.0. The molecule has 0 spiro atoms. The predicted octanol–water partition coefficient (Wildman–Crippen LogP) is 0.868. The second-order valence-electron chi connectivity index (χ2n) is 5.62. The minimum Gasteiger partial charge on any atom is -0.368 e. The molecular weight excluding hydrogens is 238 g/mol. The number of nitrogens with zero attached hydrogens (tertiary/aromatic N) is 1. The minimum atomic E-state index is -0.535. The maximum atomic E-state index is 12.0. The van der Waals surface area contributed by atoms with Crippen molar-refractivity contribution in [1.29, 1.82) is 0 Å². The summed E-state index contributed by atoms with van der Waals surface area (Å²) in [5.74, 6) is -0.196. The highest BCUT2D eigenvalue weighted by atomic mass is 16.1. The smallest absolute Gasteiger partial charge is 0.239 e. The third-order valence-corrected chi connectivity index (χ3v) is 4.62. The molecule has 1 aromatic rings. The molecule has 19 heavy (non-hydrogen) atoms. The largest absolute Gasteiger partial charge is 0.368 e. The third kappa shape index (κ3) is 2.15. The van der Waals surface area contributed by atoms with Crippen LogP contribution in [-0.2, 0) is 11.3 Å². The Labute approximate surface area is 114 Å². The van der Waals surface area contributed by atoms with E-state index in [0.29, 0.717) is 6.54 Å². The van der Waals surface area contributed by atoms with Crippen molar-refractivity contribution in [2.24, 2.45) is 5.73 Å². The molecule has 0 bridgehead atoms. The number of carbonyl (C=O) groups excluding carboxylic acids is 1. The van der Waals surface area contributed by atoms with E-state index in [2.05, 4.69) is 22.3 Å². The topological polar surface area (TPSA) is 58.4 Å². The Bertz CT molecular complexity index is 462. The van der Waals surface area contributed by atoms with Crippen LogP contribution in [0.2, 0.25) is 0 Å². The van der Waals surface area contributed by atoms with Gasteiger partial charge in [-0.05, 0) is 31.4 Å². The SMILES string of the molecule is NC(=O)C1(NCc2ccccc2)CCN2CCCC21. The zero-order valence-corrected chi connectivity index (χ0v) is 11.1. The van der Waals surface area contributed by atoms with Crippen LogP contribution in [0.1, 0.15) is 24.8 Å². The van der Waals surface area contributed by atoms with Crippen LogP contribution in [0.5, 0.6) is 0 Å². The molecule has 1 amide bonds. The molecule has 2 aliphatic heterocycles. The first kappa shape index (κ1) is 12.6. The van der Waals surface area contributed by atoms with Crippen molar-refractivity contribution in [3.8, 4) is 0 Å². The highest BCUT2D eigenvalue weighted by Gasteiger charge is 2.52. The first-order valence-electron chi connectivity index (χ1n) is 7.05. The van der Waals surface area contributed by atoms with Gasteiger partial charge in [0.25, 0.3) is 0 Å². The number of nitrogens with two attached hydrogens (primary N) is 1. The normalized spacial score (nSPS) is 30.4. The zero-order valence-electron chi connectivity index (χ0n) is 11.1. The Hall–Kier alpha value is -1.39. The Morgan fingerprint density at radius 2 is 2.16 bits per heavy atom. The van der Waals surface area contributed by atoms with Crippen LogP contribution in [0.25, 0.3) is 0 Å². The van der Waals surface area contributed by atoms with Gasteiger partial charge in [-0.2, -0.15) is 0 Å². The standard InChI is InChI=1S/C15H21N3O/c16-14(19)15(8-10-18-9-4-7-13(15)18)17-11-12-5-2-1-3-6-12/h1-3,5-6,13,17H,4,7-11H2,(H2,16,19). The zero-order chi connectivity index (χ0) is 13.3. The molecule has 2 atom stereocenters. The van der Waals surface area contributed by atoms with Gasteiger partial charge in [0.05, 0.1) is 0 Å². The van der Waals surface area contributed by atoms with Crippen molar-refractivity contribution < 1.29 is 4.79 Å². The Kier molecular flexibility index (Phi) is 3.29. The Morgan fingerprint density at radius 3 is 2.89 bits per heavy atom. The molecule has 0 radical (unpaired) electrons. The van der Waals surface area contributed by atoms with E-state index in [4.69, 9.17) is 5.73 Å². The van der Waals surface area contributed by atoms with Gasteiger partial charge in [0.15, 0.2) is 0 Å². The van der Waals surface area contributed by atoms with Gasteiger partial charge in [0.2, 0.25) is 5.91 Å². The van der Waals surface area contributed by atoms with Crippen molar-refractivity contribution in [2.75, 3.05) is 13.1 Å². The molecular formula is C15H21N3O. The highest BCUT2D eigenvalue weighted by Crippen LogP contribution is 2.36. The van der Waals surface area contributed by atoms with Gasteiger partial charge in [-0.3, -0.25) is 15.0 Å². The van der Waals surface area contributed by atoms with Crippen LogP contribution in [0.15, 0.2) is 30.3 Å². The molecule has 2 saturated heterocycles. The summed E-state index contributed by atoms with van der Waals surface area (Å²) in [4.78, 5) is 14.4. The maximum Gasteiger partial charge on any atom is 0.239 e. The van der Waals surface area contributed by atoms with Crippen LogP contribution >= 0.6 is 0 Å². The predicted molar refractivity (Wildman–Crippen MR) is 74.4 cm³/mol. The molecule has 4 nitrogen and oxygen atoms in total. The van der Waals surface area contributed by atoms with E-state index in [1.807, 2.05) is 18.2 Å². The van der Waals surface area contributed by atoms with E-state index in [9.17, 15) is 4.79 Å². The number of rotatable bonds is 4. The second kappa shape index (κ2) is 4.94. The second-order valence-corrected chi connectivity index (χ2v) is 5.62. The van der Waals surface area contributed by atoms with Crippen molar-refractivity contribution in [1.82, 2.24) is 10.2 Å². The average molecular weight is 259 g/mol. The molecule has 0 aromatic heterocycles. The molecule has 0 saturated carbocycles. The summed E-state index contributed by atoms with van der Waals surface area (Å²) in [6.07, 6.45) is 3.08. The van der Waals surface area contributed by atoms with E-state index >= 15 is 0 Å². The number of fused-ring (bicyclic) bond motifs is 1. The first-order chi connectivity index (χ1) is 9.22. The van der Waals surface area contributed by atoms with Gasteiger partial charge in [-0.1, -0.05) is 30.3 Å². The van der Waals surface area contributed by atoms with Gasteiger partial charge >= 0.3 is 0 Å². The summed E-state index contributed by atoms with van der Waals surface area (Å²) in [6, 6.07) is 10.5. The van der Waals surface area contributed by atoms with Crippen molar-refractivity contribution >= 4 is 5.91 Å². The number of benzene rings is 1. The molecule has 2 heterocycles. The van der Waals surface area contributed by atoms with Crippen LogP contribution in [-0.4, -0.2) is 35.5 Å². The average Bonchev–Trinajstić information content (AvgIpc) is 3.00. The van der Waals surface area contributed by atoms with Gasteiger partial charge < -0.3 is 5.73 Å². The van der Waals surface area contributed by atoms with Gasteiger partial charge in [0.1, 0.15) is 5.54 Å². The molecule has 0 aliphatic carbocycles. The lowest BCUT2D eigenvalue weighted by atomic mass is 9.87. The number of amides is 1. The van der Waals surface area contributed by atoms with E-state index < -0.39 is 5.54 Å². The van der Waals surface area contributed by atoms with E-state index in [0.717, 1.165) is 25.9 Å². The van der Waals surface area contributed by atoms with E-state index in [1.54, 1.807) is 0 Å². The van der Waals surface area contributed by atoms with E-state index in [-0.39, 0.29) is 11.9 Å². The summed E-state index contributed by atoms with van der Waals surface area (Å²) in [5, 5.41) is 3.47. The van der Waals surface area contributed by atoms with Crippen LogP contribution in [0.4, 0.5) is 0 Å². The van der Waals surface area contributed by atoms with Crippen molar-refractivity contribution in [3.63, 3.8) is 0 Å². The number of nitrogens with one attached hydrogen (secondary N) is 1. The molecule has 102 valence electrons. The number of hydrogen-bond donors (Lipinski definition) is 2. The molecule has 2 unspecified atom stereocenters. The Balaban J connectivity index is 1.76. The number of primary amides is 1. The lowest BCUT2D eigenvalue weighted by molar-refractivity contribution is -0.125. The summed E-state index contributed by atoms with van der Waals surface area (Å²) in [7, 11) is 0. The molecule has 3 N–H and O–H groups in total. The first-order valence-corrected chi connectivity index (χ1v) is 7.05. The fourth-order valence-corrected chi connectivity index (χ4v) is 3.57. The lowest BCUT2D eigenvalue weighted by Gasteiger charge is -2.33. The number of carbonyl (C=O) groups is 1. The fraction of sp³-hybridized carbons (Fsp3) is 0.533. The quantitative estimate of drug-likeness (QED) is 0.843. The van der Waals surface area contributed by atoms with Gasteiger partial charge in [-0.25, -0.2) is 0 Å². The summed E-state index contributed by atoms with van der Waals surface area (Å²) >= 11 is 0. The summed E-state index contributed by atoms with van der Waals surface area (Å²) in [6.45, 7) is 2.79. The molecule has 2 fully saturated rings. The van der Waals surface area contributed by atoms with Crippen molar-refractivity contribution in [3.05, 3.63) is 35.9 Å². The number of hydrogen-bond acceptors (Lipinski definition) is 3. The Morgan fingerprint density at radius 1 is 1.37 bits per heavy atom. The molecule has 1 aromatic carbocycles. The highest BCUT2D eigenvalue weighted by molar-refractivity contribution is 5.86. The molecule has 2 aliphatic rings. The summed E-state index contributed by atoms with van der Waals surface area (Å²) in [5.41, 5.74) is 6.38. The van der Waals surface area contributed by atoms with Crippen LogP contribution in [0, 0.1) is 0 Å². The molecule has 4 heteroatoms. The van der Waals surface area contributed by atoms with E-state index in [1.165, 1.54) is 12.0 Å². The monoisotopic (exact) mass is 259 g/mol. The van der Waals surface area contributed by atoms with Crippen LogP contribution < -0.4 is 11.1 Å². The third-order valence-electron chi connectivity index (χ3n) is 4.62. The van der Waals surface area contributed by atoms with Gasteiger partial charge in [0, 0.05) is 19.1 Å². The van der Waals surface area contributed by atoms with Crippen molar-refractivity contribution in [2.45, 2.75) is 37.4 Å². The fourth-order valence-electron chi connectivity index (χ4n) is 3.57. The van der Waals surface area contributed by atoms with Crippen LogP contribution in [0.3, 0.4) is 0 Å². The molecule has 3 rings (SSSR count). The minimum absolute atomic E-state index is 0.196. The lowest BCUT2D eigenvalue weighted by Crippen LogP contribution is -2.61. The van der Waals surface area contributed by atoms with Gasteiger partial charge in [-0.15, -0.1) is 0 Å².